The van der Waals surface area contributed by atoms with Crippen molar-refractivity contribution in [1.82, 2.24) is 19.6 Å². The molecule has 1 saturated heterocycles. The van der Waals surface area contributed by atoms with Gasteiger partial charge in [0.15, 0.2) is 0 Å². The molecule has 3 heterocycles. The van der Waals surface area contributed by atoms with Gasteiger partial charge in [-0.1, -0.05) is 18.5 Å². The summed E-state index contributed by atoms with van der Waals surface area (Å²) in [6.45, 7) is 6.39. The summed E-state index contributed by atoms with van der Waals surface area (Å²) in [4.78, 5) is 10.7. The van der Waals surface area contributed by atoms with Crippen LogP contribution in [0.1, 0.15) is 18.9 Å². The highest BCUT2D eigenvalue weighted by Gasteiger charge is 2.26. The molecule has 0 radical (unpaired) electrons. The van der Waals surface area contributed by atoms with Gasteiger partial charge in [0.25, 0.3) is 5.78 Å². The molecular weight excluding hydrogens is 266 g/mol. The lowest BCUT2D eigenvalue weighted by Gasteiger charge is -2.37. The van der Waals surface area contributed by atoms with E-state index in [0.29, 0.717) is 23.6 Å². The maximum atomic E-state index is 6.21. The van der Waals surface area contributed by atoms with Crippen LogP contribution in [0.15, 0.2) is 6.33 Å². The van der Waals surface area contributed by atoms with E-state index in [1.807, 2.05) is 6.92 Å². The number of aromatic nitrogens is 4. The van der Waals surface area contributed by atoms with Crippen molar-refractivity contribution in [2.45, 2.75) is 26.3 Å². The second-order valence-electron chi connectivity index (χ2n) is 4.65. The van der Waals surface area contributed by atoms with Crippen molar-refractivity contribution in [1.29, 1.82) is 0 Å². The summed E-state index contributed by atoms with van der Waals surface area (Å²) < 4.78 is 7.31. The van der Waals surface area contributed by atoms with Gasteiger partial charge in [-0.3, -0.25) is 0 Å². The average Bonchev–Trinajstić information content (AvgIpc) is 2.88. The molecule has 3 rings (SSSR count). The number of rotatable bonds is 2. The lowest BCUT2D eigenvalue weighted by Crippen LogP contribution is -2.46. The smallest absolute Gasteiger partial charge is 0.255 e. The van der Waals surface area contributed by atoms with Gasteiger partial charge in [0, 0.05) is 12.1 Å². The number of anilines is 1. The Balaban J connectivity index is 2.17. The Hall–Kier alpha value is -1.40. The first-order chi connectivity index (χ1) is 9.22. The Morgan fingerprint density at radius 3 is 3.16 bits per heavy atom. The summed E-state index contributed by atoms with van der Waals surface area (Å²) in [5.41, 5.74) is 0.931. The fourth-order valence-electron chi connectivity index (χ4n) is 2.49. The van der Waals surface area contributed by atoms with Gasteiger partial charge in [-0.2, -0.15) is 19.6 Å². The van der Waals surface area contributed by atoms with Crippen LogP contribution in [-0.2, 0) is 4.74 Å². The lowest BCUT2D eigenvalue weighted by molar-refractivity contribution is 0.0922. The van der Waals surface area contributed by atoms with Crippen LogP contribution in [0.2, 0.25) is 5.15 Å². The van der Waals surface area contributed by atoms with Crippen LogP contribution in [0.5, 0.6) is 0 Å². The summed E-state index contributed by atoms with van der Waals surface area (Å²) >= 11 is 6.21. The zero-order valence-electron chi connectivity index (χ0n) is 11.0. The fraction of sp³-hybridized carbons (Fsp3) is 0.583. The first-order valence-corrected chi connectivity index (χ1v) is 6.80. The zero-order valence-corrected chi connectivity index (χ0v) is 11.8. The number of morpholine rings is 1. The van der Waals surface area contributed by atoms with Crippen LogP contribution in [-0.4, -0.2) is 45.4 Å². The molecule has 0 saturated carbocycles. The maximum Gasteiger partial charge on any atom is 0.255 e. The molecule has 0 aromatic carbocycles. The van der Waals surface area contributed by atoms with Crippen molar-refractivity contribution in [3.05, 3.63) is 17.0 Å². The van der Waals surface area contributed by atoms with E-state index in [1.54, 1.807) is 4.52 Å². The van der Waals surface area contributed by atoms with Gasteiger partial charge in [-0.05, 0) is 13.3 Å². The lowest BCUT2D eigenvalue weighted by atomic mass is 10.1. The van der Waals surface area contributed by atoms with Gasteiger partial charge < -0.3 is 9.64 Å². The van der Waals surface area contributed by atoms with Crippen LogP contribution >= 0.6 is 11.6 Å². The second-order valence-corrected chi connectivity index (χ2v) is 5.01. The highest BCUT2D eigenvalue weighted by Crippen LogP contribution is 2.28. The summed E-state index contributed by atoms with van der Waals surface area (Å²) in [7, 11) is 0. The topological polar surface area (TPSA) is 55.5 Å². The van der Waals surface area contributed by atoms with Crippen LogP contribution in [0.25, 0.3) is 5.78 Å². The van der Waals surface area contributed by atoms with Crippen LogP contribution in [0.4, 0.5) is 5.82 Å². The van der Waals surface area contributed by atoms with Crippen LogP contribution < -0.4 is 4.90 Å². The van der Waals surface area contributed by atoms with E-state index in [0.717, 1.165) is 31.0 Å². The molecule has 2 aromatic rings. The molecule has 1 unspecified atom stereocenters. The standard InChI is InChI=1S/C12H16ClN5O/c1-3-9-6-19-5-4-17(9)11-8(2)10(13)16-12-14-7-15-18(11)12/h7,9H,3-6H2,1-2H3. The van der Waals surface area contributed by atoms with E-state index < -0.39 is 0 Å². The molecule has 1 fully saturated rings. The Labute approximate surface area is 116 Å². The largest absolute Gasteiger partial charge is 0.377 e. The van der Waals surface area contributed by atoms with Crippen molar-refractivity contribution >= 4 is 23.2 Å². The summed E-state index contributed by atoms with van der Waals surface area (Å²) in [6, 6.07) is 0.332. The van der Waals surface area contributed by atoms with Crippen molar-refractivity contribution in [3.8, 4) is 0 Å². The molecule has 0 N–H and O–H groups in total. The molecule has 7 heteroatoms. The monoisotopic (exact) mass is 281 g/mol. The van der Waals surface area contributed by atoms with Gasteiger partial charge in [-0.25, -0.2) is 0 Å². The first-order valence-electron chi connectivity index (χ1n) is 6.42. The minimum atomic E-state index is 0.332. The predicted molar refractivity (Wildman–Crippen MR) is 72.8 cm³/mol. The predicted octanol–water partition coefficient (Wildman–Crippen LogP) is 1.70. The Morgan fingerprint density at radius 1 is 1.53 bits per heavy atom. The molecular formula is C12H16ClN5O. The highest BCUT2D eigenvalue weighted by atomic mass is 35.5. The third-order valence-corrected chi connectivity index (χ3v) is 3.91. The molecule has 19 heavy (non-hydrogen) atoms. The van der Waals surface area contributed by atoms with Crippen molar-refractivity contribution in [2.75, 3.05) is 24.7 Å². The Kier molecular flexibility index (Phi) is 3.28. The third kappa shape index (κ3) is 2.04. The second kappa shape index (κ2) is 4.94. The highest BCUT2D eigenvalue weighted by molar-refractivity contribution is 6.30. The van der Waals surface area contributed by atoms with E-state index in [1.165, 1.54) is 6.33 Å². The molecule has 1 atom stereocenters. The van der Waals surface area contributed by atoms with Gasteiger partial charge in [0.1, 0.15) is 17.3 Å². The average molecular weight is 282 g/mol. The number of hydrogen-bond acceptors (Lipinski definition) is 5. The van der Waals surface area contributed by atoms with Gasteiger partial charge >= 0.3 is 0 Å². The summed E-state index contributed by atoms with van der Waals surface area (Å²) in [6.07, 6.45) is 2.51. The van der Waals surface area contributed by atoms with E-state index in [2.05, 4.69) is 26.9 Å². The number of ether oxygens (including phenoxy) is 1. The van der Waals surface area contributed by atoms with Crippen molar-refractivity contribution < 1.29 is 4.74 Å². The molecule has 0 amide bonds. The normalized spacial score (nSPS) is 20.2. The zero-order chi connectivity index (χ0) is 13.4. The molecule has 1 aliphatic heterocycles. The number of halogens is 1. The SMILES string of the molecule is CCC1COCCN1c1c(C)c(Cl)nc2ncnn12. The quantitative estimate of drug-likeness (QED) is 0.784. The molecule has 1 aliphatic rings. The minimum absolute atomic E-state index is 0.332. The van der Waals surface area contributed by atoms with Crippen LogP contribution in [0, 0.1) is 6.92 Å². The molecule has 0 aliphatic carbocycles. The van der Waals surface area contributed by atoms with Crippen molar-refractivity contribution in [2.24, 2.45) is 0 Å². The molecule has 102 valence electrons. The van der Waals surface area contributed by atoms with Crippen LogP contribution in [0.3, 0.4) is 0 Å². The minimum Gasteiger partial charge on any atom is -0.377 e. The Morgan fingerprint density at radius 2 is 2.37 bits per heavy atom. The molecule has 0 bridgehead atoms. The Bertz CT molecular complexity index is 599. The van der Waals surface area contributed by atoms with Crippen molar-refractivity contribution in [3.63, 3.8) is 0 Å². The van der Waals surface area contributed by atoms with E-state index in [-0.39, 0.29) is 0 Å². The summed E-state index contributed by atoms with van der Waals surface area (Å²) in [5.74, 6) is 1.51. The number of fused-ring (bicyclic) bond motifs is 1. The number of nitrogens with zero attached hydrogens (tertiary/aromatic N) is 5. The fourth-order valence-corrected chi connectivity index (χ4v) is 2.65. The molecule has 0 spiro atoms. The third-order valence-electron chi connectivity index (χ3n) is 3.54. The summed E-state index contributed by atoms with van der Waals surface area (Å²) in [5, 5.41) is 4.75. The molecule has 2 aromatic heterocycles. The maximum absolute atomic E-state index is 6.21. The first kappa shape index (κ1) is 12.6. The van der Waals surface area contributed by atoms with E-state index in [9.17, 15) is 0 Å². The van der Waals surface area contributed by atoms with E-state index in [4.69, 9.17) is 16.3 Å². The van der Waals surface area contributed by atoms with E-state index >= 15 is 0 Å². The molecule has 6 nitrogen and oxygen atoms in total. The van der Waals surface area contributed by atoms with Gasteiger partial charge in [-0.15, -0.1) is 0 Å². The van der Waals surface area contributed by atoms with Gasteiger partial charge in [0.05, 0.1) is 19.3 Å². The number of hydrogen-bond donors (Lipinski definition) is 0. The van der Waals surface area contributed by atoms with Gasteiger partial charge in [0.2, 0.25) is 0 Å².